The Kier molecular flexibility index (Phi) is 4.15. The molecule has 1 aromatic rings. The Morgan fingerprint density at radius 1 is 1.17 bits per heavy atom. The third kappa shape index (κ3) is 3.41. The average molecular weight is 246 g/mol. The van der Waals surface area contributed by atoms with E-state index >= 15 is 0 Å². The minimum atomic E-state index is 0.523. The van der Waals surface area contributed by atoms with E-state index in [2.05, 4.69) is 31.3 Å². The summed E-state index contributed by atoms with van der Waals surface area (Å²) in [6.45, 7) is 5.78. The molecule has 1 aromatic carbocycles. The second kappa shape index (κ2) is 5.64. The van der Waals surface area contributed by atoms with E-state index < -0.39 is 0 Å². The zero-order valence-electron chi connectivity index (χ0n) is 11.7. The normalized spacial score (nSPS) is 18.2. The molecule has 0 heterocycles. The number of benzene rings is 1. The van der Waals surface area contributed by atoms with Gasteiger partial charge in [-0.1, -0.05) is 26.7 Å². The summed E-state index contributed by atoms with van der Waals surface area (Å²) in [6, 6.07) is 8.08. The molecule has 0 spiro atoms. The van der Waals surface area contributed by atoms with E-state index in [1.165, 1.54) is 37.8 Å². The summed E-state index contributed by atoms with van der Waals surface area (Å²) in [6.07, 6.45) is 6.90. The zero-order valence-corrected chi connectivity index (χ0v) is 11.7. The van der Waals surface area contributed by atoms with Gasteiger partial charge in [0.15, 0.2) is 0 Å². The first-order valence-electron chi connectivity index (χ1n) is 7.19. The molecule has 1 saturated carbocycles. The minimum Gasteiger partial charge on any atom is -0.399 e. The molecule has 18 heavy (non-hydrogen) atoms. The van der Waals surface area contributed by atoms with Gasteiger partial charge in [-0.3, -0.25) is 0 Å². The number of rotatable bonds is 5. The molecular formula is C16H26N2. The molecule has 0 radical (unpaired) electrons. The molecule has 0 amide bonds. The third-order valence-electron chi connectivity index (χ3n) is 4.08. The first-order chi connectivity index (χ1) is 8.60. The number of nitrogen functional groups attached to an aromatic ring is 1. The zero-order chi connectivity index (χ0) is 13.0. The van der Waals surface area contributed by atoms with Gasteiger partial charge in [-0.15, -0.1) is 0 Å². The maximum Gasteiger partial charge on any atom is 0.0341 e. The Morgan fingerprint density at radius 3 is 2.33 bits per heavy atom. The monoisotopic (exact) mass is 246 g/mol. The van der Waals surface area contributed by atoms with Crippen molar-refractivity contribution in [3.05, 3.63) is 24.3 Å². The van der Waals surface area contributed by atoms with Gasteiger partial charge in [-0.2, -0.15) is 0 Å². The van der Waals surface area contributed by atoms with Gasteiger partial charge < -0.3 is 11.1 Å². The van der Waals surface area contributed by atoms with Gasteiger partial charge in [0.25, 0.3) is 0 Å². The van der Waals surface area contributed by atoms with Gasteiger partial charge in [0.2, 0.25) is 0 Å². The lowest BCUT2D eigenvalue weighted by atomic mass is 9.78. The van der Waals surface area contributed by atoms with Crippen LogP contribution in [0.1, 0.15) is 46.0 Å². The van der Waals surface area contributed by atoms with Crippen molar-refractivity contribution in [3.63, 3.8) is 0 Å². The van der Waals surface area contributed by atoms with Crippen LogP contribution in [-0.4, -0.2) is 6.54 Å². The lowest BCUT2D eigenvalue weighted by Crippen LogP contribution is -2.28. The highest BCUT2D eigenvalue weighted by molar-refractivity contribution is 5.51. The van der Waals surface area contributed by atoms with E-state index in [-0.39, 0.29) is 0 Å². The summed E-state index contributed by atoms with van der Waals surface area (Å²) in [5.41, 5.74) is 8.26. The Balaban J connectivity index is 1.95. The number of hydrogen-bond donors (Lipinski definition) is 2. The maximum absolute atomic E-state index is 5.71. The van der Waals surface area contributed by atoms with E-state index in [0.29, 0.717) is 5.41 Å². The summed E-state index contributed by atoms with van der Waals surface area (Å²) in [5.74, 6) is 0.788. The summed E-state index contributed by atoms with van der Waals surface area (Å²) in [7, 11) is 0. The van der Waals surface area contributed by atoms with Crippen molar-refractivity contribution >= 4 is 11.4 Å². The van der Waals surface area contributed by atoms with Crippen molar-refractivity contribution < 1.29 is 0 Å². The second-order valence-electron chi connectivity index (χ2n) is 6.28. The number of anilines is 2. The molecule has 2 rings (SSSR count). The van der Waals surface area contributed by atoms with Gasteiger partial charge in [-0.25, -0.2) is 0 Å². The quantitative estimate of drug-likeness (QED) is 0.761. The summed E-state index contributed by atoms with van der Waals surface area (Å²) < 4.78 is 0. The number of hydrogen-bond acceptors (Lipinski definition) is 2. The van der Waals surface area contributed by atoms with Gasteiger partial charge in [-0.05, 0) is 54.9 Å². The van der Waals surface area contributed by atoms with Crippen molar-refractivity contribution in [2.24, 2.45) is 11.3 Å². The Labute approximate surface area is 111 Å². The SMILES string of the molecule is CC(C)CC1(CNc2ccc(N)cc2)CCCC1. The molecule has 2 heteroatoms. The van der Waals surface area contributed by atoms with Crippen molar-refractivity contribution in [3.8, 4) is 0 Å². The van der Waals surface area contributed by atoms with Crippen LogP contribution in [0.15, 0.2) is 24.3 Å². The van der Waals surface area contributed by atoms with E-state index in [0.717, 1.165) is 18.2 Å². The van der Waals surface area contributed by atoms with Crippen molar-refractivity contribution in [2.75, 3.05) is 17.6 Å². The van der Waals surface area contributed by atoms with Crippen LogP contribution in [0.25, 0.3) is 0 Å². The second-order valence-corrected chi connectivity index (χ2v) is 6.28. The molecule has 0 saturated heterocycles. The van der Waals surface area contributed by atoms with E-state index in [1.54, 1.807) is 0 Å². The van der Waals surface area contributed by atoms with Crippen LogP contribution >= 0.6 is 0 Å². The molecule has 0 aliphatic heterocycles. The molecular weight excluding hydrogens is 220 g/mol. The van der Waals surface area contributed by atoms with Crippen LogP contribution in [0.4, 0.5) is 11.4 Å². The van der Waals surface area contributed by atoms with Crippen LogP contribution in [0.2, 0.25) is 0 Å². The van der Waals surface area contributed by atoms with Crippen LogP contribution in [-0.2, 0) is 0 Å². The molecule has 0 atom stereocenters. The largest absolute Gasteiger partial charge is 0.399 e. The maximum atomic E-state index is 5.71. The first kappa shape index (κ1) is 13.3. The molecule has 100 valence electrons. The lowest BCUT2D eigenvalue weighted by Gasteiger charge is -2.31. The predicted octanol–water partition coefficient (Wildman–Crippen LogP) is 4.29. The summed E-state index contributed by atoms with van der Waals surface area (Å²) >= 11 is 0. The Bertz CT molecular complexity index is 361. The Hall–Kier alpha value is -1.18. The van der Waals surface area contributed by atoms with Crippen molar-refractivity contribution in [1.29, 1.82) is 0 Å². The first-order valence-corrected chi connectivity index (χ1v) is 7.19. The van der Waals surface area contributed by atoms with Crippen LogP contribution in [0.5, 0.6) is 0 Å². The van der Waals surface area contributed by atoms with Gasteiger partial charge in [0, 0.05) is 17.9 Å². The van der Waals surface area contributed by atoms with Crippen molar-refractivity contribution in [1.82, 2.24) is 0 Å². The van der Waals surface area contributed by atoms with Crippen molar-refractivity contribution in [2.45, 2.75) is 46.0 Å². The van der Waals surface area contributed by atoms with Gasteiger partial charge >= 0.3 is 0 Å². The molecule has 2 nitrogen and oxygen atoms in total. The molecule has 0 unspecified atom stereocenters. The fraction of sp³-hybridized carbons (Fsp3) is 0.625. The Morgan fingerprint density at radius 2 is 1.78 bits per heavy atom. The standard InChI is InChI=1S/C16H26N2/c1-13(2)11-16(9-3-4-10-16)12-18-15-7-5-14(17)6-8-15/h5-8,13,18H,3-4,9-12,17H2,1-2H3. The van der Waals surface area contributed by atoms with Gasteiger partial charge in [0.1, 0.15) is 0 Å². The minimum absolute atomic E-state index is 0.523. The highest BCUT2D eigenvalue weighted by atomic mass is 14.9. The molecule has 1 fully saturated rings. The molecule has 0 aromatic heterocycles. The van der Waals surface area contributed by atoms with Gasteiger partial charge in [0.05, 0.1) is 0 Å². The third-order valence-corrected chi connectivity index (χ3v) is 4.08. The molecule has 3 N–H and O–H groups in total. The fourth-order valence-corrected chi connectivity index (χ4v) is 3.33. The topological polar surface area (TPSA) is 38.0 Å². The van der Waals surface area contributed by atoms with E-state index in [9.17, 15) is 0 Å². The molecule has 1 aliphatic carbocycles. The smallest absolute Gasteiger partial charge is 0.0341 e. The highest BCUT2D eigenvalue weighted by Crippen LogP contribution is 2.43. The summed E-state index contributed by atoms with van der Waals surface area (Å²) in [5, 5.41) is 3.60. The van der Waals surface area contributed by atoms with E-state index in [1.807, 2.05) is 12.1 Å². The number of nitrogens with two attached hydrogens (primary N) is 1. The highest BCUT2D eigenvalue weighted by Gasteiger charge is 2.33. The summed E-state index contributed by atoms with van der Waals surface area (Å²) in [4.78, 5) is 0. The van der Waals surface area contributed by atoms with E-state index in [4.69, 9.17) is 5.73 Å². The molecule has 1 aliphatic rings. The average Bonchev–Trinajstić information content (AvgIpc) is 2.76. The molecule has 0 bridgehead atoms. The van der Waals surface area contributed by atoms with Crippen LogP contribution in [0, 0.1) is 11.3 Å². The number of nitrogens with one attached hydrogen (secondary N) is 1. The predicted molar refractivity (Wildman–Crippen MR) is 79.7 cm³/mol. The van der Waals surface area contributed by atoms with Crippen LogP contribution in [0.3, 0.4) is 0 Å². The van der Waals surface area contributed by atoms with Crippen LogP contribution < -0.4 is 11.1 Å². The lowest BCUT2D eigenvalue weighted by molar-refractivity contribution is 0.252. The fourth-order valence-electron chi connectivity index (χ4n) is 3.33.